The summed E-state index contributed by atoms with van der Waals surface area (Å²) in [6.07, 6.45) is 6.37. The molecule has 3 unspecified atom stereocenters. The molecule has 1 aliphatic carbocycles. The van der Waals surface area contributed by atoms with Gasteiger partial charge in [-0.05, 0) is 59.9 Å². The molecule has 1 aliphatic rings. The van der Waals surface area contributed by atoms with Gasteiger partial charge in [-0.15, -0.1) is 0 Å². The highest BCUT2D eigenvalue weighted by Gasteiger charge is 2.27. The van der Waals surface area contributed by atoms with E-state index < -0.39 is 0 Å². The third-order valence-corrected chi connectivity index (χ3v) is 4.51. The van der Waals surface area contributed by atoms with Gasteiger partial charge < -0.3 is 5.73 Å². The molecule has 1 heterocycles. The molecule has 3 atom stereocenters. The molecule has 0 radical (unpaired) electrons. The van der Waals surface area contributed by atoms with Crippen molar-refractivity contribution in [1.82, 2.24) is 0 Å². The largest absolute Gasteiger partial charge is 0.328 e. The third-order valence-electron chi connectivity index (χ3n) is 3.78. The highest BCUT2D eigenvalue weighted by atomic mass is 32.1. The smallest absolute Gasteiger partial charge is 0.00417 e. The lowest BCUT2D eigenvalue weighted by Gasteiger charge is -2.34. The van der Waals surface area contributed by atoms with Crippen LogP contribution in [0.15, 0.2) is 16.8 Å². The normalized spacial score (nSPS) is 31.7. The number of rotatable bonds is 3. The van der Waals surface area contributed by atoms with Crippen molar-refractivity contribution in [2.45, 2.75) is 45.1 Å². The van der Waals surface area contributed by atoms with Crippen molar-refractivity contribution in [3.05, 3.63) is 22.4 Å². The van der Waals surface area contributed by atoms with Crippen LogP contribution in [-0.4, -0.2) is 6.04 Å². The fourth-order valence-electron chi connectivity index (χ4n) is 2.86. The van der Waals surface area contributed by atoms with Crippen LogP contribution in [0.25, 0.3) is 0 Å². The maximum atomic E-state index is 6.07. The minimum Gasteiger partial charge on any atom is -0.328 e. The van der Waals surface area contributed by atoms with Crippen LogP contribution < -0.4 is 5.73 Å². The van der Waals surface area contributed by atoms with E-state index in [4.69, 9.17) is 5.73 Å². The van der Waals surface area contributed by atoms with Gasteiger partial charge in [0.15, 0.2) is 0 Å². The van der Waals surface area contributed by atoms with Gasteiger partial charge in [0, 0.05) is 6.04 Å². The number of hydrogen-bond donors (Lipinski definition) is 1. The predicted molar refractivity (Wildman–Crippen MR) is 67.1 cm³/mol. The Balaban J connectivity index is 1.98. The highest BCUT2D eigenvalue weighted by Crippen LogP contribution is 2.34. The Morgan fingerprint density at radius 2 is 2.27 bits per heavy atom. The molecule has 2 heteroatoms. The average molecular weight is 223 g/mol. The highest BCUT2D eigenvalue weighted by molar-refractivity contribution is 7.07. The lowest BCUT2D eigenvalue weighted by Crippen LogP contribution is -2.34. The molecule has 2 N–H and O–H groups in total. The molecule has 1 saturated carbocycles. The van der Waals surface area contributed by atoms with Crippen LogP contribution in [0.4, 0.5) is 0 Å². The SMILES string of the molecule is CCC1CCC(N)CC1Cc1ccsc1. The van der Waals surface area contributed by atoms with Crippen molar-refractivity contribution >= 4 is 11.3 Å². The van der Waals surface area contributed by atoms with Crippen LogP contribution >= 0.6 is 11.3 Å². The molecular formula is C13H21NS. The van der Waals surface area contributed by atoms with Gasteiger partial charge in [-0.1, -0.05) is 13.3 Å². The standard InChI is InChI=1S/C13H21NS/c1-2-11-3-4-13(14)8-12(11)7-10-5-6-15-9-10/h5-6,9,11-13H,2-4,7-8,14H2,1H3. The van der Waals surface area contributed by atoms with Crippen LogP contribution in [0.5, 0.6) is 0 Å². The minimum atomic E-state index is 0.455. The molecular weight excluding hydrogens is 202 g/mol. The van der Waals surface area contributed by atoms with Crippen molar-refractivity contribution in [3.63, 3.8) is 0 Å². The Hall–Kier alpha value is -0.340. The van der Waals surface area contributed by atoms with E-state index in [0.717, 1.165) is 11.8 Å². The van der Waals surface area contributed by atoms with E-state index in [2.05, 4.69) is 23.8 Å². The van der Waals surface area contributed by atoms with Crippen molar-refractivity contribution in [3.8, 4) is 0 Å². The fourth-order valence-corrected chi connectivity index (χ4v) is 3.54. The molecule has 1 nitrogen and oxygen atoms in total. The van der Waals surface area contributed by atoms with Crippen LogP contribution in [0.2, 0.25) is 0 Å². The Kier molecular flexibility index (Phi) is 3.81. The quantitative estimate of drug-likeness (QED) is 0.834. The molecule has 2 rings (SSSR count). The first-order valence-electron chi connectivity index (χ1n) is 6.06. The van der Waals surface area contributed by atoms with Crippen LogP contribution in [-0.2, 0) is 6.42 Å². The molecule has 0 spiro atoms. The molecule has 1 aromatic rings. The lowest BCUT2D eigenvalue weighted by atomic mass is 9.73. The zero-order valence-corrected chi connectivity index (χ0v) is 10.3. The zero-order valence-electron chi connectivity index (χ0n) is 9.49. The Morgan fingerprint density at radius 1 is 1.40 bits per heavy atom. The van der Waals surface area contributed by atoms with Crippen molar-refractivity contribution < 1.29 is 0 Å². The molecule has 0 bridgehead atoms. The maximum absolute atomic E-state index is 6.07. The number of nitrogens with two attached hydrogens (primary N) is 1. The summed E-state index contributed by atoms with van der Waals surface area (Å²) in [6.45, 7) is 2.32. The minimum absolute atomic E-state index is 0.455. The topological polar surface area (TPSA) is 26.0 Å². The Morgan fingerprint density at radius 3 is 2.93 bits per heavy atom. The molecule has 0 aliphatic heterocycles. The average Bonchev–Trinajstić information content (AvgIpc) is 2.71. The zero-order chi connectivity index (χ0) is 10.7. The Labute approximate surface area is 96.7 Å². The molecule has 1 aromatic heterocycles. The Bertz CT molecular complexity index is 281. The number of hydrogen-bond acceptors (Lipinski definition) is 2. The summed E-state index contributed by atoms with van der Waals surface area (Å²) >= 11 is 1.81. The van der Waals surface area contributed by atoms with Gasteiger partial charge in [0.25, 0.3) is 0 Å². The summed E-state index contributed by atoms with van der Waals surface area (Å²) in [5.74, 6) is 1.73. The van der Waals surface area contributed by atoms with E-state index in [1.807, 2.05) is 0 Å². The van der Waals surface area contributed by atoms with Crippen LogP contribution in [0, 0.1) is 11.8 Å². The molecule has 84 valence electrons. The summed E-state index contributed by atoms with van der Waals surface area (Å²) in [5, 5.41) is 4.46. The molecule has 0 aromatic carbocycles. The fraction of sp³-hybridized carbons (Fsp3) is 0.692. The van der Waals surface area contributed by atoms with E-state index in [1.165, 1.54) is 37.7 Å². The third kappa shape index (κ3) is 2.82. The molecule has 15 heavy (non-hydrogen) atoms. The first-order valence-corrected chi connectivity index (χ1v) is 7.00. The van der Waals surface area contributed by atoms with Crippen LogP contribution in [0.1, 0.15) is 38.2 Å². The first kappa shape index (κ1) is 11.2. The predicted octanol–water partition coefficient (Wildman–Crippen LogP) is 3.44. The summed E-state index contributed by atoms with van der Waals surface area (Å²) in [6, 6.07) is 2.72. The van der Waals surface area contributed by atoms with Gasteiger partial charge in [-0.3, -0.25) is 0 Å². The van der Waals surface area contributed by atoms with Crippen molar-refractivity contribution in [2.75, 3.05) is 0 Å². The molecule has 0 amide bonds. The van der Waals surface area contributed by atoms with Crippen LogP contribution in [0.3, 0.4) is 0 Å². The van der Waals surface area contributed by atoms with Gasteiger partial charge in [0.1, 0.15) is 0 Å². The molecule has 0 saturated heterocycles. The second-order valence-corrected chi connectivity index (χ2v) is 5.62. The maximum Gasteiger partial charge on any atom is 0.00417 e. The summed E-state index contributed by atoms with van der Waals surface area (Å²) in [4.78, 5) is 0. The lowest BCUT2D eigenvalue weighted by molar-refractivity contribution is 0.209. The second kappa shape index (κ2) is 5.13. The van der Waals surface area contributed by atoms with E-state index in [0.29, 0.717) is 6.04 Å². The summed E-state index contributed by atoms with van der Waals surface area (Å²) < 4.78 is 0. The van der Waals surface area contributed by atoms with E-state index in [-0.39, 0.29) is 0 Å². The van der Waals surface area contributed by atoms with E-state index >= 15 is 0 Å². The van der Waals surface area contributed by atoms with E-state index in [9.17, 15) is 0 Å². The van der Waals surface area contributed by atoms with Gasteiger partial charge in [-0.25, -0.2) is 0 Å². The monoisotopic (exact) mass is 223 g/mol. The van der Waals surface area contributed by atoms with E-state index in [1.54, 1.807) is 11.3 Å². The summed E-state index contributed by atoms with van der Waals surface area (Å²) in [5.41, 5.74) is 7.59. The van der Waals surface area contributed by atoms with Gasteiger partial charge in [0.2, 0.25) is 0 Å². The second-order valence-electron chi connectivity index (χ2n) is 4.84. The first-order chi connectivity index (χ1) is 7.29. The van der Waals surface area contributed by atoms with Crippen molar-refractivity contribution in [2.24, 2.45) is 17.6 Å². The van der Waals surface area contributed by atoms with Gasteiger partial charge >= 0.3 is 0 Å². The van der Waals surface area contributed by atoms with Gasteiger partial charge in [-0.2, -0.15) is 11.3 Å². The number of thiophene rings is 1. The summed E-state index contributed by atoms with van der Waals surface area (Å²) in [7, 11) is 0. The van der Waals surface area contributed by atoms with Gasteiger partial charge in [0.05, 0.1) is 0 Å². The molecule has 1 fully saturated rings. The van der Waals surface area contributed by atoms with Crippen molar-refractivity contribution in [1.29, 1.82) is 0 Å².